The predicted octanol–water partition coefficient (Wildman–Crippen LogP) is 0.830. The lowest BCUT2D eigenvalue weighted by molar-refractivity contribution is 0.227. The van der Waals surface area contributed by atoms with Crippen molar-refractivity contribution in [1.82, 2.24) is 14.5 Å². The molecule has 1 atom stereocenters. The smallest absolute Gasteiger partial charge is 0.215 e. The van der Waals surface area contributed by atoms with Crippen LogP contribution in [0.1, 0.15) is 11.1 Å². The zero-order valence-corrected chi connectivity index (χ0v) is 13.6. The summed E-state index contributed by atoms with van der Waals surface area (Å²) in [6.45, 7) is -0.0274. The highest BCUT2D eigenvalue weighted by Crippen LogP contribution is 2.10. The van der Waals surface area contributed by atoms with E-state index in [1.807, 2.05) is 6.20 Å². The molecule has 2 rings (SSSR count). The molecule has 1 aromatic carbocycles. The van der Waals surface area contributed by atoms with E-state index in [4.69, 9.17) is 0 Å². The summed E-state index contributed by atoms with van der Waals surface area (Å²) in [5, 5.41) is 13.4. The molecule has 23 heavy (non-hydrogen) atoms. The Morgan fingerprint density at radius 3 is 2.78 bits per heavy atom. The second-order valence-electron chi connectivity index (χ2n) is 5.51. The van der Waals surface area contributed by atoms with Crippen molar-refractivity contribution < 1.29 is 17.9 Å². The van der Waals surface area contributed by atoms with Gasteiger partial charge in [0.25, 0.3) is 0 Å². The van der Waals surface area contributed by atoms with Crippen molar-refractivity contribution in [1.29, 1.82) is 0 Å². The van der Waals surface area contributed by atoms with Gasteiger partial charge in [-0.25, -0.2) is 17.5 Å². The van der Waals surface area contributed by atoms with Crippen LogP contribution in [0.25, 0.3) is 0 Å². The fourth-order valence-electron chi connectivity index (χ4n) is 2.25. The number of nitrogens with one attached hydrogen (secondary N) is 1. The average molecular weight is 341 g/mol. The minimum atomic E-state index is -3.59. The highest BCUT2D eigenvalue weighted by Gasteiger charge is 2.16. The Balaban J connectivity index is 1.91. The summed E-state index contributed by atoms with van der Waals surface area (Å²) in [6.07, 6.45) is 4.03. The quantitative estimate of drug-likeness (QED) is 0.745. The molecule has 0 aliphatic rings. The van der Waals surface area contributed by atoms with Gasteiger partial charge in [0, 0.05) is 26.4 Å². The van der Waals surface area contributed by atoms with Crippen LogP contribution < -0.4 is 4.72 Å². The highest BCUT2D eigenvalue weighted by atomic mass is 32.2. The van der Waals surface area contributed by atoms with Gasteiger partial charge in [0.15, 0.2) is 0 Å². The number of aliphatic hydroxyl groups excluding tert-OH is 1. The van der Waals surface area contributed by atoms with Crippen molar-refractivity contribution in [2.45, 2.75) is 12.2 Å². The lowest BCUT2D eigenvalue weighted by Gasteiger charge is -2.14. The van der Waals surface area contributed by atoms with Gasteiger partial charge in [-0.2, -0.15) is 5.10 Å². The maximum Gasteiger partial charge on any atom is 0.215 e. The SMILES string of the molecule is Cn1cc(C[C@@H](CO)CNS(=O)(=O)Cc2cccc(F)c2)cn1. The Hall–Kier alpha value is -1.77. The van der Waals surface area contributed by atoms with E-state index in [0.29, 0.717) is 12.0 Å². The first-order valence-corrected chi connectivity index (χ1v) is 8.83. The lowest BCUT2D eigenvalue weighted by Crippen LogP contribution is -2.32. The number of halogens is 1. The molecule has 0 fully saturated rings. The molecule has 0 saturated carbocycles. The minimum Gasteiger partial charge on any atom is -0.396 e. The van der Waals surface area contributed by atoms with Crippen molar-refractivity contribution in [2.75, 3.05) is 13.2 Å². The van der Waals surface area contributed by atoms with E-state index in [9.17, 15) is 17.9 Å². The summed E-state index contributed by atoms with van der Waals surface area (Å²) in [5.74, 6) is -1.01. The van der Waals surface area contributed by atoms with Crippen molar-refractivity contribution in [3.05, 3.63) is 53.6 Å². The van der Waals surface area contributed by atoms with Gasteiger partial charge in [0.2, 0.25) is 10.0 Å². The normalized spacial score (nSPS) is 13.2. The molecule has 0 unspecified atom stereocenters. The minimum absolute atomic E-state index is 0.114. The second kappa shape index (κ2) is 7.67. The summed E-state index contributed by atoms with van der Waals surface area (Å²) in [7, 11) is -1.80. The van der Waals surface area contributed by atoms with Crippen LogP contribution in [0.15, 0.2) is 36.7 Å². The van der Waals surface area contributed by atoms with Crippen LogP contribution in [-0.2, 0) is 29.2 Å². The summed E-state index contributed by atoms with van der Waals surface area (Å²) in [4.78, 5) is 0. The van der Waals surface area contributed by atoms with Crippen LogP contribution >= 0.6 is 0 Å². The third-order valence-corrected chi connectivity index (χ3v) is 4.70. The topological polar surface area (TPSA) is 84.2 Å². The number of aromatic nitrogens is 2. The molecular weight excluding hydrogens is 321 g/mol. The number of sulfonamides is 1. The van der Waals surface area contributed by atoms with E-state index in [1.165, 1.54) is 18.2 Å². The molecule has 8 heteroatoms. The Morgan fingerprint density at radius 2 is 2.17 bits per heavy atom. The van der Waals surface area contributed by atoms with Crippen molar-refractivity contribution >= 4 is 10.0 Å². The number of aryl methyl sites for hydroxylation is 1. The third-order valence-electron chi connectivity index (χ3n) is 3.38. The lowest BCUT2D eigenvalue weighted by atomic mass is 10.0. The molecule has 6 nitrogen and oxygen atoms in total. The Bertz CT molecular complexity index is 746. The van der Waals surface area contributed by atoms with E-state index in [2.05, 4.69) is 9.82 Å². The molecule has 1 heterocycles. The van der Waals surface area contributed by atoms with Gasteiger partial charge in [-0.15, -0.1) is 0 Å². The van der Waals surface area contributed by atoms with Gasteiger partial charge >= 0.3 is 0 Å². The van der Waals surface area contributed by atoms with Crippen LogP contribution in [0.5, 0.6) is 0 Å². The fourth-order valence-corrected chi connectivity index (χ4v) is 3.46. The Labute approximate surface area is 135 Å². The first-order valence-electron chi connectivity index (χ1n) is 7.18. The van der Waals surface area contributed by atoms with E-state index >= 15 is 0 Å². The summed E-state index contributed by atoms with van der Waals surface area (Å²) >= 11 is 0. The monoisotopic (exact) mass is 341 g/mol. The zero-order valence-electron chi connectivity index (χ0n) is 12.8. The predicted molar refractivity (Wildman–Crippen MR) is 84.5 cm³/mol. The van der Waals surface area contributed by atoms with Crippen LogP contribution in [0.4, 0.5) is 4.39 Å². The largest absolute Gasteiger partial charge is 0.396 e. The molecule has 126 valence electrons. The van der Waals surface area contributed by atoms with Gasteiger partial charge in [0.05, 0.1) is 11.9 Å². The van der Waals surface area contributed by atoms with E-state index in [-0.39, 0.29) is 24.8 Å². The average Bonchev–Trinajstić information content (AvgIpc) is 2.88. The summed E-state index contributed by atoms with van der Waals surface area (Å²) < 4.78 is 41.3. The first-order chi connectivity index (χ1) is 10.9. The maximum atomic E-state index is 13.1. The van der Waals surface area contributed by atoms with Gasteiger partial charge < -0.3 is 5.11 Å². The molecule has 0 amide bonds. The van der Waals surface area contributed by atoms with Crippen molar-refractivity contribution in [2.24, 2.45) is 13.0 Å². The number of benzene rings is 1. The number of hydrogen-bond donors (Lipinski definition) is 2. The van der Waals surface area contributed by atoms with Gasteiger partial charge in [-0.3, -0.25) is 4.68 Å². The van der Waals surface area contributed by atoms with E-state index < -0.39 is 15.8 Å². The molecule has 1 aromatic heterocycles. The molecule has 2 aromatic rings. The zero-order chi connectivity index (χ0) is 16.9. The highest BCUT2D eigenvalue weighted by molar-refractivity contribution is 7.88. The Kier molecular flexibility index (Phi) is 5.86. The summed E-state index contributed by atoms with van der Waals surface area (Å²) in [5.41, 5.74) is 1.31. The fraction of sp³-hybridized carbons (Fsp3) is 0.400. The molecular formula is C15H20FN3O3S. The van der Waals surface area contributed by atoms with Crippen LogP contribution in [0, 0.1) is 11.7 Å². The number of rotatable bonds is 8. The second-order valence-corrected chi connectivity index (χ2v) is 7.32. The van der Waals surface area contributed by atoms with Crippen LogP contribution in [0.3, 0.4) is 0 Å². The molecule has 0 aliphatic heterocycles. The number of aliphatic hydroxyl groups is 1. The van der Waals surface area contributed by atoms with Gasteiger partial charge in [0.1, 0.15) is 5.82 Å². The molecule has 0 spiro atoms. The Morgan fingerprint density at radius 1 is 1.39 bits per heavy atom. The van der Waals surface area contributed by atoms with Crippen molar-refractivity contribution in [3.63, 3.8) is 0 Å². The standard InChI is InChI=1S/C15H20FN3O3S/c1-19-9-13(7-17-19)5-14(10-20)8-18-23(21,22)11-12-3-2-4-15(16)6-12/h2-4,6-7,9,14,18,20H,5,8,10-11H2,1H3/t14-/m1/s1. The van der Waals surface area contributed by atoms with Crippen LogP contribution in [0.2, 0.25) is 0 Å². The third kappa shape index (κ3) is 5.74. The van der Waals surface area contributed by atoms with E-state index in [0.717, 1.165) is 5.56 Å². The summed E-state index contributed by atoms with van der Waals surface area (Å²) in [6, 6.07) is 5.48. The first kappa shape index (κ1) is 17.6. The molecule has 0 bridgehead atoms. The number of hydrogen-bond acceptors (Lipinski definition) is 4. The van der Waals surface area contributed by atoms with Gasteiger partial charge in [-0.1, -0.05) is 12.1 Å². The molecule has 2 N–H and O–H groups in total. The maximum absolute atomic E-state index is 13.1. The molecule has 0 aliphatic carbocycles. The van der Waals surface area contributed by atoms with Crippen LogP contribution in [-0.4, -0.2) is 36.5 Å². The van der Waals surface area contributed by atoms with Gasteiger partial charge in [-0.05, 0) is 35.6 Å². The molecule has 0 saturated heterocycles. The van der Waals surface area contributed by atoms with Crippen molar-refractivity contribution in [3.8, 4) is 0 Å². The van der Waals surface area contributed by atoms with E-state index in [1.54, 1.807) is 24.0 Å². The molecule has 0 radical (unpaired) electrons. The number of nitrogens with zero attached hydrogens (tertiary/aromatic N) is 2.